The number of phenolic OH excluding ortho intramolecular Hbond substituents is 1. The van der Waals surface area contributed by atoms with E-state index in [2.05, 4.69) is 23.5 Å². The summed E-state index contributed by atoms with van der Waals surface area (Å²) in [5.41, 5.74) is 3.36. The van der Waals surface area contributed by atoms with Crippen molar-refractivity contribution in [2.45, 2.75) is 18.9 Å². The van der Waals surface area contributed by atoms with E-state index >= 15 is 0 Å². The van der Waals surface area contributed by atoms with Crippen molar-refractivity contribution in [1.29, 1.82) is 0 Å². The van der Waals surface area contributed by atoms with Crippen molar-refractivity contribution in [3.8, 4) is 17.0 Å². The molecule has 0 saturated carbocycles. The standard InChI is InChI=1S/C24H19N3O2S/c28-18-9-4-8-17(13-18)22-15-27-23(20(25-22)12-16-6-2-1-3-7-16)26-21(24(27)29)14-19-10-5-11-30-19/h1-11,13,15,21,28H,12,14H2/p+1. The smallest absolute Gasteiger partial charge is 0.359 e. The Kier molecular flexibility index (Phi) is 4.77. The minimum atomic E-state index is -0.320. The number of nitrogens with one attached hydrogen (secondary N) is 1. The van der Waals surface area contributed by atoms with E-state index in [-0.39, 0.29) is 17.7 Å². The van der Waals surface area contributed by atoms with Crippen LogP contribution in [0.4, 0.5) is 5.82 Å². The molecule has 0 aliphatic carbocycles. The second kappa shape index (κ2) is 7.72. The van der Waals surface area contributed by atoms with Gasteiger partial charge in [0.1, 0.15) is 23.3 Å². The monoisotopic (exact) mass is 414 g/mol. The summed E-state index contributed by atoms with van der Waals surface area (Å²) in [4.78, 5) is 19.2. The number of carbonyl (C=O) groups excluding carboxylic acids is 1. The summed E-state index contributed by atoms with van der Waals surface area (Å²) >= 11 is 1.65. The van der Waals surface area contributed by atoms with Crippen LogP contribution >= 0.6 is 11.3 Å². The van der Waals surface area contributed by atoms with Gasteiger partial charge in [-0.05, 0) is 29.1 Å². The molecule has 0 bridgehead atoms. The number of nitrogens with zero attached hydrogens (tertiary/aromatic N) is 2. The third-order valence-corrected chi connectivity index (χ3v) is 6.11. The molecule has 1 aliphatic heterocycles. The number of benzene rings is 2. The minimum Gasteiger partial charge on any atom is -0.508 e. The fourth-order valence-corrected chi connectivity index (χ4v) is 4.51. The number of anilines is 1. The van der Waals surface area contributed by atoms with E-state index in [0.717, 1.165) is 22.6 Å². The quantitative estimate of drug-likeness (QED) is 0.483. The molecule has 2 aromatic heterocycles. The number of fused-ring (bicyclic) bond motifs is 1. The number of hydrogen-bond acceptors (Lipinski definition) is 5. The molecule has 1 atom stereocenters. The SMILES string of the molecule is O=C1C(Cc2cccs2)Nc2c(Cc3ccccc3)nc(-c3cccc(O)c3)c[n+]21. The molecule has 5 rings (SSSR count). The van der Waals surface area contributed by atoms with E-state index in [1.165, 1.54) is 4.88 Å². The number of hydrogen-bond donors (Lipinski definition) is 2. The van der Waals surface area contributed by atoms with Crippen LogP contribution in [0.2, 0.25) is 0 Å². The third kappa shape index (κ3) is 3.57. The van der Waals surface area contributed by atoms with Gasteiger partial charge >= 0.3 is 11.7 Å². The maximum atomic E-state index is 13.2. The molecule has 148 valence electrons. The van der Waals surface area contributed by atoms with Crippen LogP contribution < -0.4 is 9.88 Å². The summed E-state index contributed by atoms with van der Waals surface area (Å²) in [5, 5.41) is 15.3. The average molecular weight is 415 g/mol. The molecule has 2 aromatic carbocycles. The molecule has 0 radical (unpaired) electrons. The zero-order chi connectivity index (χ0) is 20.5. The van der Waals surface area contributed by atoms with Gasteiger partial charge in [-0.2, -0.15) is 4.57 Å². The second-order valence-corrected chi connectivity index (χ2v) is 8.36. The molecule has 30 heavy (non-hydrogen) atoms. The summed E-state index contributed by atoms with van der Waals surface area (Å²) in [6.07, 6.45) is 3.02. The molecular weight excluding hydrogens is 394 g/mol. The molecule has 5 nitrogen and oxygen atoms in total. The molecule has 1 unspecified atom stereocenters. The van der Waals surface area contributed by atoms with Crippen molar-refractivity contribution in [3.63, 3.8) is 0 Å². The molecule has 4 aromatic rings. The number of rotatable bonds is 5. The van der Waals surface area contributed by atoms with Crippen LogP contribution in [0.25, 0.3) is 11.3 Å². The molecule has 6 heteroatoms. The second-order valence-electron chi connectivity index (χ2n) is 7.32. The summed E-state index contributed by atoms with van der Waals surface area (Å²) in [6, 6.07) is 20.8. The molecule has 0 amide bonds. The van der Waals surface area contributed by atoms with Crippen LogP contribution in [0.15, 0.2) is 78.3 Å². The van der Waals surface area contributed by atoms with Crippen molar-refractivity contribution in [2.75, 3.05) is 5.32 Å². The summed E-state index contributed by atoms with van der Waals surface area (Å²) in [5.74, 6) is 0.926. The van der Waals surface area contributed by atoms with Gasteiger partial charge in [0.05, 0.1) is 0 Å². The van der Waals surface area contributed by atoms with Gasteiger partial charge in [0.2, 0.25) is 0 Å². The van der Waals surface area contributed by atoms with Crippen LogP contribution in [-0.4, -0.2) is 22.0 Å². The Morgan fingerprint density at radius 2 is 1.93 bits per heavy atom. The van der Waals surface area contributed by atoms with Crippen molar-refractivity contribution < 1.29 is 14.5 Å². The van der Waals surface area contributed by atoms with E-state index in [9.17, 15) is 9.90 Å². The molecular formula is C24H20N3O2S+. The van der Waals surface area contributed by atoms with Crippen LogP contribution in [0.3, 0.4) is 0 Å². The Bertz CT molecular complexity index is 1210. The number of carbonyl (C=O) groups is 1. The average Bonchev–Trinajstić information content (AvgIpc) is 3.38. The van der Waals surface area contributed by atoms with Crippen LogP contribution in [0, 0.1) is 0 Å². The molecule has 0 fully saturated rings. The lowest BCUT2D eigenvalue weighted by Gasteiger charge is -2.07. The topological polar surface area (TPSA) is 66.1 Å². The first kappa shape index (κ1) is 18.5. The molecule has 0 saturated heterocycles. The van der Waals surface area contributed by atoms with Crippen LogP contribution in [0.5, 0.6) is 5.75 Å². The molecule has 3 heterocycles. The van der Waals surface area contributed by atoms with Gasteiger partial charge < -0.3 is 5.11 Å². The third-order valence-electron chi connectivity index (χ3n) is 5.21. The Balaban J connectivity index is 1.57. The van der Waals surface area contributed by atoms with E-state index < -0.39 is 0 Å². The zero-order valence-corrected chi connectivity index (χ0v) is 17.0. The molecule has 1 aliphatic rings. The molecule has 2 N–H and O–H groups in total. The van der Waals surface area contributed by atoms with Gasteiger partial charge in [0.25, 0.3) is 0 Å². The Labute approximate surface area is 178 Å². The maximum absolute atomic E-state index is 13.2. The fraction of sp³-hybridized carbons (Fsp3) is 0.125. The Hall–Kier alpha value is -3.51. The van der Waals surface area contributed by atoms with Gasteiger partial charge in [0, 0.05) is 23.3 Å². The van der Waals surface area contributed by atoms with Crippen LogP contribution in [-0.2, 0) is 12.8 Å². The van der Waals surface area contributed by atoms with Gasteiger partial charge in [-0.3, -0.25) is 5.32 Å². The maximum Gasteiger partial charge on any atom is 0.359 e. The number of aromatic hydroxyl groups is 1. The lowest BCUT2D eigenvalue weighted by atomic mass is 10.1. The van der Waals surface area contributed by atoms with E-state index in [1.807, 2.05) is 35.7 Å². The zero-order valence-electron chi connectivity index (χ0n) is 16.2. The van der Waals surface area contributed by atoms with Gasteiger partial charge in [-0.15, -0.1) is 11.3 Å². The predicted molar refractivity (Wildman–Crippen MR) is 117 cm³/mol. The number of phenols is 1. The first-order valence-corrected chi connectivity index (χ1v) is 10.7. The highest BCUT2D eigenvalue weighted by molar-refractivity contribution is 7.09. The lowest BCUT2D eigenvalue weighted by molar-refractivity contribution is -0.552. The first-order valence-electron chi connectivity index (χ1n) is 9.79. The summed E-state index contributed by atoms with van der Waals surface area (Å²) < 4.78 is 1.68. The lowest BCUT2D eigenvalue weighted by Crippen LogP contribution is -2.44. The van der Waals surface area contributed by atoms with E-state index in [0.29, 0.717) is 18.5 Å². The van der Waals surface area contributed by atoms with E-state index in [1.54, 1.807) is 40.3 Å². The van der Waals surface area contributed by atoms with Gasteiger partial charge in [-0.1, -0.05) is 48.5 Å². The predicted octanol–water partition coefficient (Wildman–Crippen LogP) is 4.07. The largest absolute Gasteiger partial charge is 0.508 e. The molecule has 0 spiro atoms. The van der Waals surface area contributed by atoms with Crippen molar-refractivity contribution in [3.05, 3.63) is 94.4 Å². The Morgan fingerprint density at radius 1 is 1.07 bits per heavy atom. The fourth-order valence-electron chi connectivity index (χ4n) is 3.76. The highest BCUT2D eigenvalue weighted by Gasteiger charge is 2.41. The minimum absolute atomic E-state index is 0.0107. The van der Waals surface area contributed by atoms with Crippen molar-refractivity contribution >= 4 is 23.1 Å². The van der Waals surface area contributed by atoms with Gasteiger partial charge in [-0.25, -0.2) is 9.78 Å². The van der Waals surface area contributed by atoms with Crippen molar-refractivity contribution in [2.24, 2.45) is 0 Å². The normalized spacial score (nSPS) is 15.1. The highest BCUT2D eigenvalue weighted by atomic mass is 32.1. The number of thiophene rings is 1. The van der Waals surface area contributed by atoms with E-state index in [4.69, 9.17) is 4.98 Å². The van der Waals surface area contributed by atoms with Gasteiger partial charge in [0.15, 0.2) is 6.04 Å². The highest BCUT2D eigenvalue weighted by Crippen LogP contribution is 2.26. The summed E-state index contributed by atoms with van der Waals surface area (Å²) in [6.45, 7) is 0. The van der Waals surface area contributed by atoms with Crippen molar-refractivity contribution in [1.82, 2.24) is 4.98 Å². The Morgan fingerprint density at radius 3 is 2.70 bits per heavy atom. The van der Waals surface area contributed by atoms with Crippen LogP contribution in [0.1, 0.15) is 20.9 Å². The first-order chi connectivity index (χ1) is 14.7. The summed E-state index contributed by atoms with van der Waals surface area (Å²) in [7, 11) is 0. The number of aromatic nitrogens is 2.